The van der Waals surface area contributed by atoms with Crippen molar-refractivity contribution in [1.82, 2.24) is 0 Å². The largest absolute Gasteiger partial charge is 0.394 e. The van der Waals surface area contributed by atoms with Gasteiger partial charge >= 0.3 is 0 Å². The smallest absolute Gasteiger partial charge is 0.109 e. The quantitative estimate of drug-likeness (QED) is 0.818. The van der Waals surface area contributed by atoms with E-state index in [0.717, 1.165) is 12.0 Å². The molecular weight excluding hydrogens is 192 g/mol. The Balaban J connectivity index is 2.14. The SMILES string of the molecule is CO[C@@H]1C[C@@H](CO)O[C@H]1c1ccccc1. The molecule has 0 bridgehead atoms. The van der Waals surface area contributed by atoms with E-state index in [-0.39, 0.29) is 24.9 Å². The zero-order valence-corrected chi connectivity index (χ0v) is 8.80. The fourth-order valence-corrected chi connectivity index (χ4v) is 2.01. The molecule has 1 fully saturated rings. The predicted octanol–water partition coefficient (Wildman–Crippen LogP) is 1.52. The summed E-state index contributed by atoms with van der Waals surface area (Å²) in [5.74, 6) is 0. The lowest BCUT2D eigenvalue weighted by Gasteiger charge is -2.17. The summed E-state index contributed by atoms with van der Waals surface area (Å²) in [6.07, 6.45) is 0.657. The molecule has 3 nitrogen and oxygen atoms in total. The standard InChI is InChI=1S/C12H16O3/c1-14-11-7-10(8-13)15-12(11)9-5-3-2-4-6-9/h2-6,10-13H,7-8H2,1H3/t10-,11+,12-/m0/s1. The van der Waals surface area contributed by atoms with E-state index in [1.807, 2.05) is 30.3 Å². The molecule has 15 heavy (non-hydrogen) atoms. The van der Waals surface area contributed by atoms with Gasteiger partial charge in [-0.2, -0.15) is 0 Å². The first-order valence-electron chi connectivity index (χ1n) is 5.19. The van der Waals surface area contributed by atoms with Crippen molar-refractivity contribution in [2.45, 2.75) is 24.7 Å². The lowest BCUT2D eigenvalue weighted by molar-refractivity contribution is -0.0208. The number of ether oxygens (including phenoxy) is 2. The molecule has 1 saturated heterocycles. The summed E-state index contributed by atoms with van der Waals surface area (Å²) < 4.78 is 11.1. The minimum Gasteiger partial charge on any atom is -0.394 e. The highest BCUT2D eigenvalue weighted by Crippen LogP contribution is 2.34. The first kappa shape index (κ1) is 10.6. The third kappa shape index (κ3) is 2.20. The fourth-order valence-electron chi connectivity index (χ4n) is 2.01. The summed E-state index contributed by atoms with van der Waals surface area (Å²) >= 11 is 0. The van der Waals surface area contributed by atoms with Gasteiger partial charge < -0.3 is 14.6 Å². The van der Waals surface area contributed by atoms with E-state index in [4.69, 9.17) is 14.6 Å². The van der Waals surface area contributed by atoms with Crippen molar-refractivity contribution in [1.29, 1.82) is 0 Å². The van der Waals surface area contributed by atoms with Crippen LogP contribution in [0.4, 0.5) is 0 Å². The Hall–Kier alpha value is -0.900. The van der Waals surface area contributed by atoms with Gasteiger partial charge in [0.1, 0.15) is 6.10 Å². The van der Waals surface area contributed by atoms with E-state index >= 15 is 0 Å². The lowest BCUT2D eigenvalue weighted by atomic mass is 10.0. The van der Waals surface area contributed by atoms with Crippen molar-refractivity contribution in [3.05, 3.63) is 35.9 Å². The zero-order valence-electron chi connectivity index (χ0n) is 8.80. The van der Waals surface area contributed by atoms with Crippen LogP contribution in [0.15, 0.2) is 30.3 Å². The van der Waals surface area contributed by atoms with Gasteiger partial charge in [0.2, 0.25) is 0 Å². The van der Waals surface area contributed by atoms with Crippen LogP contribution in [0, 0.1) is 0 Å². The van der Waals surface area contributed by atoms with Crippen LogP contribution in [0.3, 0.4) is 0 Å². The van der Waals surface area contributed by atoms with Crippen LogP contribution in [0.1, 0.15) is 18.1 Å². The van der Waals surface area contributed by atoms with E-state index in [0.29, 0.717) is 0 Å². The van der Waals surface area contributed by atoms with Crippen LogP contribution in [0.2, 0.25) is 0 Å². The Bertz CT molecular complexity index is 299. The van der Waals surface area contributed by atoms with Gasteiger partial charge in [0.25, 0.3) is 0 Å². The van der Waals surface area contributed by atoms with Crippen LogP contribution in [-0.4, -0.2) is 31.0 Å². The van der Waals surface area contributed by atoms with Gasteiger partial charge in [-0.15, -0.1) is 0 Å². The minimum atomic E-state index is -0.0971. The predicted molar refractivity (Wildman–Crippen MR) is 56.6 cm³/mol. The van der Waals surface area contributed by atoms with Crippen LogP contribution in [-0.2, 0) is 9.47 Å². The molecule has 3 atom stereocenters. The molecule has 1 aromatic carbocycles. The van der Waals surface area contributed by atoms with E-state index in [9.17, 15) is 0 Å². The van der Waals surface area contributed by atoms with Crippen LogP contribution >= 0.6 is 0 Å². The molecule has 3 heteroatoms. The third-order valence-corrected chi connectivity index (χ3v) is 2.81. The van der Waals surface area contributed by atoms with Gasteiger partial charge in [0.05, 0.1) is 18.8 Å². The Morgan fingerprint density at radius 3 is 2.73 bits per heavy atom. The minimum absolute atomic E-state index is 0.0459. The van der Waals surface area contributed by atoms with Gasteiger partial charge in [-0.05, 0) is 5.56 Å². The maximum atomic E-state index is 9.06. The molecule has 0 amide bonds. The molecule has 0 unspecified atom stereocenters. The molecule has 0 aliphatic carbocycles. The van der Waals surface area contributed by atoms with E-state index < -0.39 is 0 Å². The number of rotatable bonds is 3. The van der Waals surface area contributed by atoms with Crippen molar-refractivity contribution < 1.29 is 14.6 Å². The molecule has 82 valence electrons. The lowest BCUT2D eigenvalue weighted by Crippen LogP contribution is -2.15. The highest BCUT2D eigenvalue weighted by molar-refractivity contribution is 5.19. The number of benzene rings is 1. The molecule has 1 aliphatic heterocycles. The van der Waals surface area contributed by atoms with Gasteiger partial charge in [-0.3, -0.25) is 0 Å². The fraction of sp³-hybridized carbons (Fsp3) is 0.500. The van der Waals surface area contributed by atoms with Gasteiger partial charge in [-0.25, -0.2) is 0 Å². The van der Waals surface area contributed by atoms with E-state index in [2.05, 4.69) is 0 Å². The number of aliphatic hydroxyl groups is 1. The van der Waals surface area contributed by atoms with Gasteiger partial charge in [0.15, 0.2) is 0 Å². The van der Waals surface area contributed by atoms with E-state index in [1.54, 1.807) is 7.11 Å². The highest BCUT2D eigenvalue weighted by Gasteiger charge is 2.35. The Morgan fingerprint density at radius 2 is 2.13 bits per heavy atom. The topological polar surface area (TPSA) is 38.7 Å². The number of aliphatic hydroxyl groups excluding tert-OH is 1. The van der Waals surface area contributed by atoms with Crippen molar-refractivity contribution in [2.75, 3.05) is 13.7 Å². The molecule has 0 saturated carbocycles. The van der Waals surface area contributed by atoms with E-state index in [1.165, 1.54) is 0 Å². The zero-order chi connectivity index (χ0) is 10.7. The van der Waals surface area contributed by atoms with Crippen LogP contribution in [0.25, 0.3) is 0 Å². The second kappa shape index (κ2) is 4.75. The maximum Gasteiger partial charge on any atom is 0.109 e. The molecule has 1 aliphatic rings. The average molecular weight is 208 g/mol. The van der Waals surface area contributed by atoms with Crippen LogP contribution < -0.4 is 0 Å². The summed E-state index contributed by atoms with van der Waals surface area (Å²) in [7, 11) is 1.68. The maximum absolute atomic E-state index is 9.06. The molecule has 1 heterocycles. The Kier molecular flexibility index (Phi) is 3.36. The molecule has 0 radical (unpaired) electrons. The average Bonchev–Trinajstić information content (AvgIpc) is 2.73. The van der Waals surface area contributed by atoms with Gasteiger partial charge in [-0.1, -0.05) is 30.3 Å². The first-order chi connectivity index (χ1) is 7.35. The summed E-state index contributed by atoms with van der Waals surface area (Å²) in [5, 5.41) is 9.06. The second-order valence-corrected chi connectivity index (χ2v) is 3.78. The van der Waals surface area contributed by atoms with Crippen molar-refractivity contribution in [3.8, 4) is 0 Å². The number of hydrogen-bond donors (Lipinski definition) is 1. The molecule has 1 aromatic rings. The molecular formula is C12H16O3. The van der Waals surface area contributed by atoms with Crippen molar-refractivity contribution in [2.24, 2.45) is 0 Å². The normalized spacial score (nSPS) is 30.7. The summed E-state index contributed by atoms with van der Waals surface area (Å²) in [4.78, 5) is 0. The molecule has 1 N–H and O–H groups in total. The Labute approximate surface area is 89.6 Å². The Morgan fingerprint density at radius 1 is 1.40 bits per heavy atom. The second-order valence-electron chi connectivity index (χ2n) is 3.78. The van der Waals surface area contributed by atoms with Gasteiger partial charge in [0, 0.05) is 13.5 Å². The summed E-state index contributed by atoms with van der Waals surface area (Å²) in [5.41, 5.74) is 1.11. The monoisotopic (exact) mass is 208 g/mol. The number of methoxy groups -OCH3 is 1. The number of hydrogen-bond acceptors (Lipinski definition) is 3. The van der Waals surface area contributed by atoms with Crippen molar-refractivity contribution in [3.63, 3.8) is 0 Å². The molecule has 2 rings (SSSR count). The third-order valence-electron chi connectivity index (χ3n) is 2.81. The van der Waals surface area contributed by atoms with Crippen LogP contribution in [0.5, 0.6) is 0 Å². The molecule has 0 spiro atoms. The highest BCUT2D eigenvalue weighted by atomic mass is 16.6. The summed E-state index contributed by atoms with van der Waals surface area (Å²) in [6.45, 7) is 0.0587. The molecule has 0 aromatic heterocycles. The first-order valence-corrected chi connectivity index (χ1v) is 5.19. The van der Waals surface area contributed by atoms with Crippen molar-refractivity contribution >= 4 is 0 Å². The summed E-state index contributed by atoms with van der Waals surface area (Å²) in [6, 6.07) is 9.99.